The molecule has 2 aliphatic rings. The molecule has 1 aromatic heterocycles. The van der Waals surface area contributed by atoms with E-state index in [4.69, 9.17) is 0 Å². The number of rotatable bonds is 0. The van der Waals surface area contributed by atoms with Gasteiger partial charge in [-0.05, 0) is 32.1 Å². The third-order valence-corrected chi connectivity index (χ3v) is 6.29. The Hall–Kier alpha value is -0.150. The molecule has 2 heterocycles. The summed E-state index contributed by atoms with van der Waals surface area (Å²) in [5.41, 5.74) is 0. The second kappa shape index (κ2) is 4.38. The van der Waals surface area contributed by atoms with Gasteiger partial charge in [-0.25, -0.2) is 4.58 Å². The highest BCUT2D eigenvalue weighted by Gasteiger charge is 2.18. The third-order valence-electron chi connectivity index (χ3n) is 3.40. The highest BCUT2D eigenvalue weighted by atomic mass is 32.2. The second-order valence-electron chi connectivity index (χ2n) is 4.57. The predicted octanol–water partition coefficient (Wildman–Crippen LogP) is 2.64. The monoisotopic (exact) mass is 240 g/mol. The average molecular weight is 240 g/mol. The second-order valence-corrected chi connectivity index (χ2v) is 7.00. The zero-order chi connectivity index (χ0) is 10.1. The number of hydrogen-bond acceptors (Lipinski definition) is 2. The number of hydrogen-bond donors (Lipinski definition) is 0. The van der Waals surface area contributed by atoms with Crippen LogP contribution in [0, 0.1) is 0 Å². The zero-order valence-electron chi connectivity index (χ0n) is 9.13. The first-order valence-electron chi connectivity index (χ1n) is 6.13. The van der Waals surface area contributed by atoms with Crippen molar-refractivity contribution >= 4 is 22.7 Å². The Morgan fingerprint density at radius 2 is 1.33 bits per heavy atom. The van der Waals surface area contributed by atoms with Crippen molar-refractivity contribution in [2.45, 2.75) is 44.9 Å². The van der Waals surface area contributed by atoms with E-state index in [9.17, 15) is 0 Å². The summed E-state index contributed by atoms with van der Waals surface area (Å²) in [6, 6.07) is 0. The smallest absolute Gasteiger partial charge is 0.212 e. The molecule has 0 bridgehead atoms. The molecule has 1 aliphatic heterocycles. The van der Waals surface area contributed by atoms with Crippen LogP contribution in [-0.4, -0.2) is 13.1 Å². The standard InChI is InChI=1S/C12H18NS2/c1-4-8-13(9-5-1)12-14-10-6-2-3-7-11(10)15-12/h1-9H2/q+1. The molecule has 3 rings (SSSR count). The van der Waals surface area contributed by atoms with E-state index >= 15 is 0 Å². The number of nitrogens with zero attached hydrogens (tertiary/aromatic N) is 1. The average Bonchev–Trinajstić information content (AvgIpc) is 2.74. The number of aryl methyl sites for hydroxylation is 2. The van der Waals surface area contributed by atoms with Gasteiger partial charge in [0.05, 0.1) is 0 Å². The number of piperidine rings is 1. The molecule has 0 unspecified atom stereocenters. The van der Waals surface area contributed by atoms with Crippen molar-refractivity contribution in [2.75, 3.05) is 13.1 Å². The minimum Gasteiger partial charge on any atom is -0.212 e. The van der Waals surface area contributed by atoms with E-state index in [1.165, 1.54) is 58.0 Å². The predicted molar refractivity (Wildman–Crippen MR) is 67.7 cm³/mol. The summed E-state index contributed by atoms with van der Waals surface area (Å²) < 4.78 is 4.22. The molecule has 1 fully saturated rings. The van der Waals surface area contributed by atoms with E-state index in [2.05, 4.69) is 27.2 Å². The zero-order valence-corrected chi connectivity index (χ0v) is 10.8. The third kappa shape index (κ3) is 2.04. The van der Waals surface area contributed by atoms with Crippen LogP contribution in [0.4, 0.5) is 0 Å². The van der Waals surface area contributed by atoms with Gasteiger partial charge < -0.3 is 0 Å². The van der Waals surface area contributed by atoms with Crippen LogP contribution in [0.3, 0.4) is 0 Å². The van der Waals surface area contributed by atoms with Crippen molar-refractivity contribution < 1.29 is 0 Å². The van der Waals surface area contributed by atoms with Gasteiger partial charge in [0.1, 0.15) is 13.1 Å². The molecule has 0 saturated carbocycles. The lowest BCUT2D eigenvalue weighted by atomic mass is 10.1. The molecule has 1 aromatic rings. The molecule has 15 heavy (non-hydrogen) atoms. The lowest BCUT2D eigenvalue weighted by molar-refractivity contribution is 0.459. The van der Waals surface area contributed by atoms with Gasteiger partial charge in [-0.2, -0.15) is 0 Å². The first-order chi connectivity index (χ1) is 7.43. The van der Waals surface area contributed by atoms with Crippen molar-refractivity contribution in [1.82, 2.24) is 4.58 Å². The molecular formula is C12H18NS2+. The fourth-order valence-electron chi connectivity index (χ4n) is 2.50. The van der Waals surface area contributed by atoms with Crippen molar-refractivity contribution in [1.29, 1.82) is 0 Å². The Kier molecular flexibility index (Phi) is 2.93. The summed E-state index contributed by atoms with van der Waals surface area (Å²) >= 11 is 4.17. The van der Waals surface area contributed by atoms with E-state index in [1.807, 2.05) is 0 Å². The fraction of sp³-hybridized carbons (Fsp3) is 0.750. The molecular weight excluding hydrogens is 222 g/mol. The van der Waals surface area contributed by atoms with Gasteiger partial charge in [0.25, 0.3) is 0 Å². The molecule has 0 N–H and O–H groups in total. The summed E-state index contributed by atoms with van der Waals surface area (Å²) in [4.78, 5) is 3.40. The summed E-state index contributed by atoms with van der Waals surface area (Å²) in [5.74, 6) is 0. The molecule has 1 nitrogen and oxygen atoms in total. The van der Waals surface area contributed by atoms with Gasteiger partial charge in [-0.1, -0.05) is 22.7 Å². The highest BCUT2D eigenvalue weighted by Crippen LogP contribution is 2.26. The van der Waals surface area contributed by atoms with Crippen molar-refractivity contribution in [3.63, 3.8) is 0 Å². The molecule has 0 spiro atoms. The lowest BCUT2D eigenvalue weighted by Crippen LogP contribution is -2.31. The SMILES string of the molecule is C1CC[N+](=c2sc3c(s2)CCCC3)CC1. The largest absolute Gasteiger partial charge is 0.314 e. The Bertz CT molecular complexity index is 379. The summed E-state index contributed by atoms with van der Waals surface area (Å²) in [5, 5.41) is 0. The molecule has 0 amide bonds. The summed E-state index contributed by atoms with van der Waals surface area (Å²) in [6.07, 6.45) is 9.77. The Labute approximate surface area is 99.1 Å². The molecule has 1 saturated heterocycles. The van der Waals surface area contributed by atoms with E-state index in [1.54, 1.807) is 13.7 Å². The van der Waals surface area contributed by atoms with Crippen LogP contribution in [0.5, 0.6) is 0 Å². The minimum atomic E-state index is 1.30. The van der Waals surface area contributed by atoms with Gasteiger partial charge >= 0.3 is 3.98 Å². The lowest BCUT2D eigenvalue weighted by Gasteiger charge is -2.07. The molecule has 1 aliphatic carbocycles. The maximum Gasteiger partial charge on any atom is 0.314 e. The van der Waals surface area contributed by atoms with Crippen LogP contribution in [0.25, 0.3) is 0 Å². The highest BCUT2D eigenvalue weighted by molar-refractivity contribution is 7.27. The van der Waals surface area contributed by atoms with Crippen LogP contribution in [0.15, 0.2) is 0 Å². The summed E-state index contributed by atoms with van der Waals surface area (Å²) in [7, 11) is 0. The molecule has 82 valence electrons. The van der Waals surface area contributed by atoms with E-state index < -0.39 is 0 Å². The minimum absolute atomic E-state index is 1.30. The van der Waals surface area contributed by atoms with Crippen LogP contribution in [-0.2, 0) is 12.8 Å². The van der Waals surface area contributed by atoms with Crippen LogP contribution < -0.4 is 8.56 Å². The summed E-state index contributed by atoms with van der Waals surface area (Å²) in [6.45, 7) is 2.60. The molecule has 3 heteroatoms. The van der Waals surface area contributed by atoms with E-state index in [0.29, 0.717) is 0 Å². The van der Waals surface area contributed by atoms with Crippen molar-refractivity contribution in [3.8, 4) is 0 Å². The molecule has 0 atom stereocenters. The van der Waals surface area contributed by atoms with Crippen molar-refractivity contribution in [2.24, 2.45) is 0 Å². The maximum absolute atomic E-state index is 2.62. The fourth-order valence-corrected chi connectivity index (χ4v) is 5.49. The van der Waals surface area contributed by atoms with Gasteiger partial charge in [-0.3, -0.25) is 0 Å². The Morgan fingerprint density at radius 3 is 1.93 bits per heavy atom. The normalized spacial score (nSPS) is 21.5. The number of fused-ring (bicyclic) bond motifs is 1. The van der Waals surface area contributed by atoms with E-state index in [-0.39, 0.29) is 0 Å². The molecule has 0 aromatic carbocycles. The first kappa shape index (κ1) is 10.0. The maximum atomic E-state index is 2.62. The molecule has 0 radical (unpaired) electrons. The van der Waals surface area contributed by atoms with Crippen LogP contribution >= 0.6 is 22.7 Å². The topological polar surface area (TPSA) is 3.01 Å². The van der Waals surface area contributed by atoms with Crippen LogP contribution in [0.2, 0.25) is 0 Å². The Morgan fingerprint density at radius 1 is 0.733 bits per heavy atom. The Balaban J connectivity index is 2.00. The van der Waals surface area contributed by atoms with Gasteiger partial charge in [0.15, 0.2) is 0 Å². The van der Waals surface area contributed by atoms with Crippen LogP contribution in [0.1, 0.15) is 41.9 Å². The first-order valence-corrected chi connectivity index (χ1v) is 7.76. The van der Waals surface area contributed by atoms with Crippen molar-refractivity contribution in [3.05, 3.63) is 13.7 Å². The quantitative estimate of drug-likeness (QED) is 0.613. The van der Waals surface area contributed by atoms with Gasteiger partial charge in [0.2, 0.25) is 0 Å². The van der Waals surface area contributed by atoms with E-state index in [0.717, 1.165) is 0 Å². The van der Waals surface area contributed by atoms with Gasteiger partial charge in [-0.15, -0.1) is 0 Å². The van der Waals surface area contributed by atoms with Gasteiger partial charge in [0, 0.05) is 22.6 Å².